The Bertz CT molecular complexity index is 355. The lowest BCUT2D eigenvalue weighted by Crippen LogP contribution is -2.55. The molecule has 0 amide bonds. The predicted octanol–water partition coefficient (Wildman–Crippen LogP) is 5.61. The van der Waals surface area contributed by atoms with Crippen LogP contribution in [-0.2, 0) is 4.79 Å². The summed E-state index contributed by atoms with van der Waals surface area (Å²) in [6.07, 6.45) is 4.96. The van der Waals surface area contributed by atoms with Crippen molar-refractivity contribution in [2.24, 2.45) is 34.5 Å². The van der Waals surface area contributed by atoms with Crippen LogP contribution in [0.15, 0.2) is 0 Å². The van der Waals surface area contributed by atoms with E-state index in [0.717, 1.165) is 25.7 Å². The molecule has 1 rings (SSSR count). The Hall–Kier alpha value is -0.530. The maximum absolute atomic E-state index is 12.5. The van der Waals surface area contributed by atoms with Crippen LogP contribution >= 0.6 is 0 Å². The first-order chi connectivity index (χ1) is 9.57. The molecule has 0 heterocycles. The zero-order valence-corrected chi connectivity index (χ0v) is 15.2. The highest BCUT2D eigenvalue weighted by atomic mass is 16.4. The minimum atomic E-state index is -0.544. The van der Waals surface area contributed by atoms with Gasteiger partial charge in [0.15, 0.2) is 0 Å². The molecule has 0 aromatic carbocycles. The van der Waals surface area contributed by atoms with E-state index < -0.39 is 11.4 Å². The Kier molecular flexibility index (Phi) is 5.91. The molecule has 0 aromatic heterocycles. The molecule has 1 aliphatic carbocycles. The first kappa shape index (κ1) is 18.5. The fourth-order valence-electron chi connectivity index (χ4n) is 5.12. The molecule has 0 spiro atoms. The van der Waals surface area contributed by atoms with E-state index in [1.165, 1.54) is 6.42 Å². The smallest absolute Gasteiger partial charge is 0.310 e. The third kappa shape index (κ3) is 3.46. The second-order valence-corrected chi connectivity index (χ2v) is 8.74. The molecule has 1 saturated carbocycles. The van der Waals surface area contributed by atoms with E-state index in [2.05, 4.69) is 48.5 Å². The molecule has 1 fully saturated rings. The highest BCUT2D eigenvalue weighted by Gasteiger charge is 2.59. The van der Waals surface area contributed by atoms with Crippen molar-refractivity contribution in [3.8, 4) is 0 Å². The quantitative estimate of drug-likeness (QED) is 0.691. The van der Waals surface area contributed by atoms with E-state index >= 15 is 0 Å². The third-order valence-electron chi connectivity index (χ3n) is 5.78. The van der Waals surface area contributed by atoms with Crippen molar-refractivity contribution in [2.45, 2.75) is 80.6 Å². The summed E-state index contributed by atoms with van der Waals surface area (Å²) in [6, 6.07) is 0. The molecule has 2 heteroatoms. The second kappa shape index (κ2) is 6.71. The summed E-state index contributed by atoms with van der Waals surface area (Å²) < 4.78 is 0. The van der Waals surface area contributed by atoms with Gasteiger partial charge >= 0.3 is 5.97 Å². The number of hydrogen-bond acceptors (Lipinski definition) is 1. The van der Waals surface area contributed by atoms with Gasteiger partial charge < -0.3 is 5.11 Å². The van der Waals surface area contributed by atoms with Crippen LogP contribution < -0.4 is 0 Å². The van der Waals surface area contributed by atoms with E-state index in [1.807, 2.05) is 0 Å². The molecule has 0 radical (unpaired) electrons. The molecular formula is C19H36O2. The average Bonchev–Trinajstić information content (AvgIpc) is 2.30. The van der Waals surface area contributed by atoms with Gasteiger partial charge in [-0.05, 0) is 54.8 Å². The van der Waals surface area contributed by atoms with Gasteiger partial charge in [-0.2, -0.15) is 0 Å². The van der Waals surface area contributed by atoms with Crippen molar-refractivity contribution in [3.05, 3.63) is 0 Å². The summed E-state index contributed by atoms with van der Waals surface area (Å²) in [5, 5.41) is 10.3. The van der Waals surface area contributed by atoms with E-state index in [-0.39, 0.29) is 5.41 Å². The molecule has 0 saturated heterocycles. The molecule has 0 bridgehead atoms. The van der Waals surface area contributed by atoms with Crippen molar-refractivity contribution in [1.82, 2.24) is 0 Å². The lowest BCUT2D eigenvalue weighted by atomic mass is 9.46. The summed E-state index contributed by atoms with van der Waals surface area (Å²) >= 11 is 0. The van der Waals surface area contributed by atoms with Gasteiger partial charge in [-0.3, -0.25) is 4.79 Å². The molecule has 1 N–H and O–H groups in total. The Balaban J connectivity index is 3.41. The van der Waals surface area contributed by atoms with Gasteiger partial charge in [-0.1, -0.05) is 54.9 Å². The van der Waals surface area contributed by atoms with Gasteiger partial charge in [0.05, 0.1) is 5.41 Å². The van der Waals surface area contributed by atoms with E-state index in [1.54, 1.807) is 0 Å². The van der Waals surface area contributed by atoms with Crippen LogP contribution in [0.25, 0.3) is 0 Å². The number of hydrogen-bond donors (Lipinski definition) is 1. The van der Waals surface area contributed by atoms with Gasteiger partial charge in [-0.15, -0.1) is 0 Å². The zero-order valence-electron chi connectivity index (χ0n) is 15.2. The molecule has 2 nitrogen and oxygen atoms in total. The van der Waals surface area contributed by atoms with Crippen LogP contribution in [0.5, 0.6) is 0 Å². The van der Waals surface area contributed by atoms with Gasteiger partial charge in [0, 0.05) is 0 Å². The van der Waals surface area contributed by atoms with E-state index in [9.17, 15) is 9.90 Å². The summed E-state index contributed by atoms with van der Waals surface area (Å²) in [6.45, 7) is 15.5. The van der Waals surface area contributed by atoms with Crippen LogP contribution in [0.4, 0.5) is 0 Å². The SMILES string of the molecule is CC(C)CC1(C(=O)O)CC(C)CCC1(CC(C)C)C(C)C. The highest BCUT2D eigenvalue weighted by molar-refractivity contribution is 5.76. The number of carboxylic acid groups (broad SMARTS) is 1. The van der Waals surface area contributed by atoms with Crippen molar-refractivity contribution < 1.29 is 9.90 Å². The molecule has 3 atom stereocenters. The molecule has 3 unspecified atom stereocenters. The summed E-state index contributed by atoms with van der Waals surface area (Å²) in [7, 11) is 0. The summed E-state index contributed by atoms with van der Waals surface area (Å²) in [4.78, 5) is 12.5. The molecular weight excluding hydrogens is 260 g/mol. The van der Waals surface area contributed by atoms with Gasteiger partial charge in [-0.25, -0.2) is 0 Å². The minimum absolute atomic E-state index is 0.0518. The fourth-order valence-corrected chi connectivity index (χ4v) is 5.12. The lowest BCUT2D eigenvalue weighted by Gasteiger charge is -2.57. The Morgan fingerprint density at radius 3 is 2.00 bits per heavy atom. The molecule has 0 aliphatic heterocycles. The largest absolute Gasteiger partial charge is 0.481 e. The predicted molar refractivity (Wildman–Crippen MR) is 89.3 cm³/mol. The molecule has 1 aliphatic rings. The molecule has 21 heavy (non-hydrogen) atoms. The first-order valence-electron chi connectivity index (χ1n) is 8.81. The summed E-state index contributed by atoms with van der Waals surface area (Å²) in [5.74, 6) is 1.38. The minimum Gasteiger partial charge on any atom is -0.481 e. The van der Waals surface area contributed by atoms with Gasteiger partial charge in [0.25, 0.3) is 0 Å². The van der Waals surface area contributed by atoms with E-state index in [4.69, 9.17) is 0 Å². The van der Waals surface area contributed by atoms with Crippen LogP contribution in [0.3, 0.4) is 0 Å². The lowest BCUT2D eigenvalue weighted by molar-refractivity contribution is -0.176. The third-order valence-corrected chi connectivity index (χ3v) is 5.78. The fraction of sp³-hybridized carbons (Fsp3) is 0.947. The number of carboxylic acids is 1. The van der Waals surface area contributed by atoms with Gasteiger partial charge in [0.1, 0.15) is 0 Å². The standard InChI is InChI=1S/C19H36O2/c1-13(2)10-18(15(5)6)9-8-16(7)12-19(18,17(20)21)11-14(3)4/h13-16H,8-12H2,1-7H3,(H,20,21). The normalized spacial score (nSPS) is 33.9. The number of aliphatic carboxylic acids is 1. The zero-order chi connectivity index (χ0) is 16.4. The van der Waals surface area contributed by atoms with Crippen LogP contribution in [0.1, 0.15) is 80.6 Å². The Morgan fingerprint density at radius 1 is 1.10 bits per heavy atom. The average molecular weight is 296 g/mol. The molecule has 0 aromatic rings. The van der Waals surface area contributed by atoms with Crippen molar-refractivity contribution in [1.29, 1.82) is 0 Å². The van der Waals surface area contributed by atoms with E-state index in [0.29, 0.717) is 23.7 Å². The first-order valence-corrected chi connectivity index (χ1v) is 8.81. The van der Waals surface area contributed by atoms with Crippen molar-refractivity contribution >= 4 is 5.97 Å². The molecule has 124 valence electrons. The Morgan fingerprint density at radius 2 is 1.62 bits per heavy atom. The van der Waals surface area contributed by atoms with Crippen molar-refractivity contribution in [2.75, 3.05) is 0 Å². The van der Waals surface area contributed by atoms with Crippen molar-refractivity contribution in [3.63, 3.8) is 0 Å². The number of rotatable bonds is 6. The topological polar surface area (TPSA) is 37.3 Å². The number of carbonyl (C=O) groups is 1. The van der Waals surface area contributed by atoms with Gasteiger partial charge in [0.2, 0.25) is 0 Å². The van der Waals surface area contributed by atoms with Crippen LogP contribution in [-0.4, -0.2) is 11.1 Å². The Labute approximate surface area is 131 Å². The van der Waals surface area contributed by atoms with Crippen LogP contribution in [0.2, 0.25) is 0 Å². The summed E-state index contributed by atoms with van der Waals surface area (Å²) in [5.41, 5.74) is -0.596. The maximum Gasteiger partial charge on any atom is 0.310 e. The monoisotopic (exact) mass is 296 g/mol. The second-order valence-electron chi connectivity index (χ2n) is 8.74. The maximum atomic E-state index is 12.5. The van der Waals surface area contributed by atoms with Crippen LogP contribution in [0, 0.1) is 34.5 Å². The highest BCUT2D eigenvalue weighted by Crippen LogP contribution is 2.62.